The maximum absolute atomic E-state index is 12.5. The van der Waals surface area contributed by atoms with Crippen molar-refractivity contribution in [3.8, 4) is 0 Å². The molecule has 86 valence electrons. The zero-order valence-corrected chi connectivity index (χ0v) is 10.6. The number of nitrogens with zero attached hydrogens (tertiary/aromatic N) is 2. The quantitative estimate of drug-likeness (QED) is 0.473. The molecular formula is C8H5F3IN3S. The second kappa shape index (κ2) is 4.24. The Bertz CT molecular complexity index is 460. The Morgan fingerprint density at radius 3 is 2.69 bits per heavy atom. The largest absolute Gasteiger partial charge is 0.416 e. The molecule has 0 unspecified atom stereocenters. The topological polar surface area (TPSA) is 27.6 Å². The molecule has 0 fully saturated rings. The first-order valence-corrected chi connectivity index (χ1v) is 6.44. The minimum atomic E-state index is -4.33. The molecule has 0 radical (unpaired) electrons. The second-order valence-corrected chi connectivity index (χ2v) is 5.17. The van der Waals surface area contributed by atoms with Crippen LogP contribution in [0.3, 0.4) is 0 Å². The smallest absolute Gasteiger partial charge is 0.247 e. The van der Waals surface area contributed by atoms with Crippen molar-refractivity contribution < 1.29 is 13.2 Å². The molecule has 0 aromatic heterocycles. The number of rotatable bonds is 1. The first-order chi connectivity index (χ1) is 7.48. The fourth-order valence-corrected chi connectivity index (χ4v) is 3.06. The van der Waals surface area contributed by atoms with E-state index in [0.717, 1.165) is 12.1 Å². The minimum absolute atomic E-state index is 0.354. The van der Waals surface area contributed by atoms with Gasteiger partial charge in [0.1, 0.15) is 21.3 Å². The van der Waals surface area contributed by atoms with Gasteiger partial charge in [-0.15, -0.1) is 3.25 Å². The van der Waals surface area contributed by atoms with Crippen LogP contribution in [0.2, 0.25) is 0 Å². The standard InChI is InChI=1S/C8H5F3IN3S/c9-8(10,11)5-2-1-3-6(4-5)15-7(16)13-14-12-15/h1-4H,(H,13,16). The van der Waals surface area contributed by atoms with Crippen molar-refractivity contribution in [3.63, 3.8) is 0 Å². The van der Waals surface area contributed by atoms with E-state index >= 15 is 0 Å². The van der Waals surface area contributed by atoms with Crippen LogP contribution in [0.1, 0.15) is 5.56 Å². The number of hydrogen-bond acceptors (Lipinski definition) is 2. The molecule has 0 saturated carbocycles. The molecule has 1 N–H and O–H groups in total. The molecule has 1 aliphatic rings. The Labute approximate surface area is 105 Å². The van der Waals surface area contributed by atoms with Crippen LogP contribution in [-0.4, -0.2) is 5.11 Å². The van der Waals surface area contributed by atoms with Crippen LogP contribution in [0.4, 0.5) is 18.9 Å². The zero-order valence-electron chi connectivity index (χ0n) is 7.62. The summed E-state index contributed by atoms with van der Waals surface area (Å²) in [4.78, 5) is 0. The molecule has 0 amide bonds. The minimum Gasteiger partial charge on any atom is -0.247 e. The third-order valence-electron chi connectivity index (χ3n) is 1.83. The summed E-state index contributed by atoms with van der Waals surface area (Å²) in [5.74, 6) is 0. The summed E-state index contributed by atoms with van der Waals surface area (Å²) in [6, 6.07) is 5.06. The normalized spacial score (nSPS) is 15.9. The molecule has 0 bridgehead atoms. The van der Waals surface area contributed by atoms with E-state index in [1.165, 1.54) is 6.07 Å². The molecule has 3 nitrogen and oxygen atoms in total. The summed E-state index contributed by atoms with van der Waals surface area (Å²) in [5, 5.41) is 0.354. The van der Waals surface area contributed by atoms with Crippen LogP contribution < -0.4 is 8.54 Å². The van der Waals surface area contributed by atoms with Gasteiger partial charge in [0.2, 0.25) is 5.11 Å². The molecule has 0 spiro atoms. The Morgan fingerprint density at radius 1 is 1.38 bits per heavy atom. The van der Waals surface area contributed by atoms with E-state index in [2.05, 4.69) is 8.68 Å². The van der Waals surface area contributed by atoms with Crippen molar-refractivity contribution >= 4 is 44.3 Å². The van der Waals surface area contributed by atoms with Crippen molar-refractivity contribution in [1.82, 2.24) is 5.43 Å². The first kappa shape index (κ1) is 11.7. The zero-order chi connectivity index (χ0) is 11.8. The van der Waals surface area contributed by atoms with Crippen molar-refractivity contribution in [2.24, 2.45) is 3.25 Å². The maximum atomic E-state index is 12.5. The number of halogens is 4. The number of anilines is 1. The highest BCUT2D eigenvalue weighted by Crippen LogP contribution is 2.34. The second-order valence-electron chi connectivity index (χ2n) is 2.91. The highest BCUT2D eigenvalue weighted by molar-refractivity contribution is 14.2. The maximum Gasteiger partial charge on any atom is 0.416 e. The van der Waals surface area contributed by atoms with E-state index in [-0.39, 0.29) is 0 Å². The van der Waals surface area contributed by atoms with Crippen molar-refractivity contribution in [2.45, 2.75) is 6.18 Å². The number of thiocarbonyl (C=S) groups is 1. The molecule has 0 saturated heterocycles. The molecule has 16 heavy (non-hydrogen) atoms. The van der Waals surface area contributed by atoms with Crippen molar-refractivity contribution in [1.29, 1.82) is 0 Å². The van der Waals surface area contributed by atoms with Gasteiger partial charge < -0.3 is 0 Å². The lowest BCUT2D eigenvalue weighted by Crippen LogP contribution is -2.24. The number of hydrogen-bond donors (Lipinski definition) is 1. The summed E-state index contributed by atoms with van der Waals surface area (Å²) < 4.78 is 42.9. The van der Waals surface area contributed by atoms with Gasteiger partial charge in [0, 0.05) is 0 Å². The molecule has 1 aliphatic heterocycles. The van der Waals surface area contributed by atoms with Crippen molar-refractivity contribution in [2.75, 3.05) is 3.11 Å². The van der Waals surface area contributed by atoms with Crippen molar-refractivity contribution in [3.05, 3.63) is 29.8 Å². The van der Waals surface area contributed by atoms with E-state index in [4.69, 9.17) is 12.2 Å². The Balaban J connectivity index is 2.36. The van der Waals surface area contributed by atoms with Crippen LogP contribution in [0.25, 0.3) is 0 Å². The van der Waals surface area contributed by atoms with E-state index in [9.17, 15) is 13.2 Å². The highest BCUT2D eigenvalue weighted by atomic mass is 127. The van der Waals surface area contributed by atoms with E-state index in [1.54, 1.807) is 9.18 Å². The SMILES string of the molecule is FC(F)(F)c1cccc(N2I=NNC2=S)c1. The fourth-order valence-electron chi connectivity index (χ4n) is 1.14. The van der Waals surface area contributed by atoms with Gasteiger partial charge in [-0.3, -0.25) is 0 Å². The van der Waals surface area contributed by atoms with Gasteiger partial charge in [-0.1, -0.05) is 6.07 Å². The van der Waals surface area contributed by atoms with Crippen LogP contribution >= 0.6 is 33.5 Å². The predicted octanol–water partition coefficient (Wildman–Crippen LogP) is 3.38. The lowest BCUT2D eigenvalue weighted by Gasteiger charge is -2.14. The fraction of sp³-hybridized carbons (Fsp3) is 0.125. The van der Waals surface area contributed by atoms with Gasteiger partial charge in [-0.2, -0.15) is 13.2 Å². The summed E-state index contributed by atoms with van der Waals surface area (Å²) in [7, 11) is 0. The Hall–Kier alpha value is -0.770. The molecular weight excluding hydrogens is 354 g/mol. The van der Waals surface area contributed by atoms with Gasteiger partial charge in [0.15, 0.2) is 0 Å². The van der Waals surface area contributed by atoms with Gasteiger partial charge in [0.05, 0.1) is 11.3 Å². The van der Waals surface area contributed by atoms with Crippen LogP contribution in [0.15, 0.2) is 27.5 Å². The summed E-state index contributed by atoms with van der Waals surface area (Å²) >= 11 is 4.17. The van der Waals surface area contributed by atoms with Gasteiger partial charge >= 0.3 is 6.18 Å². The molecule has 2 rings (SSSR count). The molecule has 1 aromatic carbocycles. The molecule has 0 aliphatic carbocycles. The van der Waals surface area contributed by atoms with Crippen LogP contribution in [-0.2, 0) is 6.18 Å². The highest BCUT2D eigenvalue weighted by Gasteiger charge is 2.31. The molecule has 8 heteroatoms. The lowest BCUT2D eigenvalue weighted by atomic mass is 10.2. The van der Waals surface area contributed by atoms with Gasteiger partial charge in [-0.25, -0.2) is 8.54 Å². The third kappa shape index (κ3) is 2.32. The van der Waals surface area contributed by atoms with E-state index in [0.29, 0.717) is 10.8 Å². The number of nitrogens with one attached hydrogen (secondary N) is 1. The average molecular weight is 359 g/mol. The summed E-state index contributed by atoms with van der Waals surface area (Å²) in [6.45, 7) is 0. The van der Waals surface area contributed by atoms with Gasteiger partial charge in [0.25, 0.3) is 0 Å². The monoisotopic (exact) mass is 359 g/mol. The predicted molar refractivity (Wildman–Crippen MR) is 66.1 cm³/mol. The number of benzene rings is 1. The number of alkyl halides is 3. The Morgan fingerprint density at radius 2 is 2.12 bits per heavy atom. The van der Waals surface area contributed by atoms with Gasteiger partial charge in [-0.05, 0) is 30.4 Å². The lowest BCUT2D eigenvalue weighted by molar-refractivity contribution is -0.137. The average Bonchev–Trinajstić information content (AvgIpc) is 2.63. The van der Waals surface area contributed by atoms with Crippen LogP contribution in [0, 0.1) is 0 Å². The molecule has 1 heterocycles. The van der Waals surface area contributed by atoms with E-state index < -0.39 is 33.0 Å². The Kier molecular flexibility index (Phi) is 3.10. The summed E-state index contributed by atoms with van der Waals surface area (Å²) in [6.07, 6.45) is -4.33. The third-order valence-corrected chi connectivity index (χ3v) is 4.36. The molecule has 1 aromatic rings. The summed E-state index contributed by atoms with van der Waals surface area (Å²) in [5.41, 5.74) is 2.33. The molecule has 0 atom stereocenters. The van der Waals surface area contributed by atoms with E-state index in [1.807, 2.05) is 0 Å². The van der Waals surface area contributed by atoms with Crippen LogP contribution in [0.5, 0.6) is 0 Å². The first-order valence-electron chi connectivity index (χ1n) is 4.10.